The molecular weight excluding hydrogens is 388 g/mol. The van der Waals surface area contributed by atoms with Crippen molar-refractivity contribution in [2.45, 2.75) is 0 Å². The molecule has 4 aromatic rings. The molecule has 0 saturated carbocycles. The van der Waals surface area contributed by atoms with Crippen molar-refractivity contribution in [3.8, 4) is 28.6 Å². The molecule has 1 amide bonds. The molecule has 4 rings (SSSR count). The zero-order valence-corrected chi connectivity index (χ0v) is 16.5. The topological polar surface area (TPSA) is 122 Å². The molecule has 1 N–H and O–H groups in total. The molecule has 11 heteroatoms. The summed E-state index contributed by atoms with van der Waals surface area (Å²) in [5.74, 6) is 1.70. The summed E-state index contributed by atoms with van der Waals surface area (Å²) in [5, 5.41) is 11.2. The van der Waals surface area contributed by atoms with Gasteiger partial charge in [0, 0.05) is 18.7 Å². The predicted octanol–water partition coefficient (Wildman–Crippen LogP) is 1.73. The third-order valence-electron chi connectivity index (χ3n) is 4.34. The summed E-state index contributed by atoms with van der Waals surface area (Å²) < 4.78 is 13.7. The molecule has 0 aliphatic heterocycles. The van der Waals surface area contributed by atoms with Gasteiger partial charge in [-0.3, -0.25) is 9.48 Å². The van der Waals surface area contributed by atoms with Crippen LogP contribution in [0, 0.1) is 0 Å². The smallest absolute Gasteiger partial charge is 0.275 e. The molecule has 11 nitrogen and oxygen atoms in total. The van der Waals surface area contributed by atoms with E-state index in [0.717, 1.165) is 0 Å². The molecule has 3 aromatic heterocycles. The van der Waals surface area contributed by atoms with Crippen LogP contribution < -0.4 is 14.8 Å². The van der Waals surface area contributed by atoms with E-state index in [1.165, 1.54) is 28.3 Å². The van der Waals surface area contributed by atoms with Gasteiger partial charge in [0.1, 0.15) is 42.0 Å². The number of carbonyl (C=O) groups excluding carboxylic acids is 1. The van der Waals surface area contributed by atoms with Crippen LogP contribution in [0.25, 0.3) is 17.1 Å². The van der Waals surface area contributed by atoms with Crippen molar-refractivity contribution in [3.05, 3.63) is 55.0 Å². The first kappa shape index (κ1) is 19.1. The largest absolute Gasteiger partial charge is 0.497 e. The minimum absolute atomic E-state index is 0.321. The monoisotopic (exact) mass is 406 g/mol. The van der Waals surface area contributed by atoms with Gasteiger partial charge in [0.25, 0.3) is 5.91 Å². The Morgan fingerprint density at radius 2 is 1.93 bits per heavy atom. The second-order valence-electron chi connectivity index (χ2n) is 6.16. The molecule has 0 bridgehead atoms. The Labute approximate surface area is 171 Å². The van der Waals surface area contributed by atoms with E-state index in [9.17, 15) is 4.79 Å². The molecule has 0 unspecified atom stereocenters. The molecule has 0 saturated heterocycles. The average molecular weight is 406 g/mol. The molecule has 0 aliphatic rings. The third kappa shape index (κ3) is 3.68. The summed E-state index contributed by atoms with van der Waals surface area (Å²) in [7, 11) is 4.84. The van der Waals surface area contributed by atoms with E-state index in [1.54, 1.807) is 51.6 Å². The molecular formula is C19H18N8O3. The van der Waals surface area contributed by atoms with Crippen LogP contribution in [0.4, 0.5) is 5.82 Å². The summed E-state index contributed by atoms with van der Waals surface area (Å²) in [4.78, 5) is 24.9. The number of amides is 1. The van der Waals surface area contributed by atoms with Crippen molar-refractivity contribution in [3.63, 3.8) is 0 Å². The molecule has 0 radical (unpaired) electrons. The van der Waals surface area contributed by atoms with Crippen LogP contribution in [0.2, 0.25) is 0 Å². The Morgan fingerprint density at radius 3 is 2.67 bits per heavy atom. The van der Waals surface area contributed by atoms with E-state index in [4.69, 9.17) is 9.47 Å². The number of nitrogens with zero attached hydrogens (tertiary/aromatic N) is 7. The van der Waals surface area contributed by atoms with Crippen LogP contribution in [0.1, 0.15) is 10.5 Å². The lowest BCUT2D eigenvalue weighted by Crippen LogP contribution is -2.17. The van der Waals surface area contributed by atoms with Gasteiger partial charge < -0.3 is 14.8 Å². The van der Waals surface area contributed by atoms with Gasteiger partial charge in [-0.25, -0.2) is 19.6 Å². The molecule has 1 aromatic carbocycles. The van der Waals surface area contributed by atoms with Gasteiger partial charge in [0.15, 0.2) is 5.82 Å². The number of aryl methyl sites for hydroxylation is 1. The number of benzene rings is 1. The Morgan fingerprint density at radius 1 is 1.07 bits per heavy atom. The minimum atomic E-state index is -0.374. The maximum absolute atomic E-state index is 12.8. The maximum Gasteiger partial charge on any atom is 0.275 e. The third-order valence-corrected chi connectivity index (χ3v) is 4.34. The van der Waals surface area contributed by atoms with Crippen molar-refractivity contribution >= 4 is 11.7 Å². The Balaban J connectivity index is 1.61. The highest BCUT2D eigenvalue weighted by atomic mass is 16.5. The van der Waals surface area contributed by atoms with Crippen molar-refractivity contribution in [1.29, 1.82) is 0 Å². The van der Waals surface area contributed by atoms with Gasteiger partial charge in [-0.2, -0.15) is 10.2 Å². The number of hydrogen-bond donors (Lipinski definition) is 1. The standard InChI is InChI=1S/C19H18N8O3/c1-26-15(7-14(25-26)13-6-12(29-2)4-5-16(13)30-3)19(28)24-17-8-18(22-10-21-17)27-11-20-9-23-27/h4-11H,1-3H3,(H,21,22,24,28). The lowest BCUT2D eigenvalue weighted by Gasteiger charge is -2.08. The Bertz CT molecular complexity index is 1190. The Hall–Kier alpha value is -4.28. The van der Waals surface area contributed by atoms with Crippen LogP contribution >= 0.6 is 0 Å². The minimum Gasteiger partial charge on any atom is -0.497 e. The summed E-state index contributed by atoms with van der Waals surface area (Å²) in [5.41, 5.74) is 1.63. The van der Waals surface area contributed by atoms with Crippen molar-refractivity contribution in [1.82, 2.24) is 34.5 Å². The van der Waals surface area contributed by atoms with E-state index in [1.807, 2.05) is 0 Å². The maximum atomic E-state index is 12.8. The highest BCUT2D eigenvalue weighted by Gasteiger charge is 2.18. The van der Waals surface area contributed by atoms with Crippen LogP contribution in [0.15, 0.2) is 49.3 Å². The summed E-state index contributed by atoms with van der Waals surface area (Å²) in [6.07, 6.45) is 4.23. The van der Waals surface area contributed by atoms with Crippen molar-refractivity contribution < 1.29 is 14.3 Å². The fourth-order valence-electron chi connectivity index (χ4n) is 2.87. The number of nitrogens with one attached hydrogen (secondary N) is 1. The van der Waals surface area contributed by atoms with Gasteiger partial charge in [-0.1, -0.05) is 0 Å². The second kappa shape index (κ2) is 7.99. The Kier molecular flexibility index (Phi) is 5.08. The summed E-state index contributed by atoms with van der Waals surface area (Å²) in [6, 6.07) is 8.65. The number of methoxy groups -OCH3 is 2. The van der Waals surface area contributed by atoms with E-state index >= 15 is 0 Å². The lowest BCUT2D eigenvalue weighted by molar-refractivity contribution is 0.101. The first-order valence-electron chi connectivity index (χ1n) is 8.84. The fourth-order valence-corrected chi connectivity index (χ4v) is 2.87. The van der Waals surface area contributed by atoms with Crippen LogP contribution in [-0.2, 0) is 7.05 Å². The zero-order chi connectivity index (χ0) is 21.1. The lowest BCUT2D eigenvalue weighted by atomic mass is 10.1. The van der Waals surface area contributed by atoms with Gasteiger partial charge in [0.05, 0.1) is 19.9 Å². The van der Waals surface area contributed by atoms with Crippen LogP contribution in [-0.4, -0.2) is 54.6 Å². The SMILES string of the molecule is COc1ccc(OC)c(-c2cc(C(=O)Nc3cc(-n4cncn4)ncn3)n(C)n2)c1. The summed E-state index contributed by atoms with van der Waals surface area (Å²) in [6.45, 7) is 0. The van der Waals surface area contributed by atoms with E-state index in [-0.39, 0.29) is 5.91 Å². The molecule has 0 aliphatic carbocycles. The van der Waals surface area contributed by atoms with Crippen molar-refractivity contribution in [2.24, 2.45) is 7.05 Å². The fraction of sp³-hybridized carbons (Fsp3) is 0.158. The zero-order valence-electron chi connectivity index (χ0n) is 16.5. The highest BCUT2D eigenvalue weighted by molar-refractivity contribution is 6.03. The average Bonchev–Trinajstić information content (AvgIpc) is 3.43. The molecule has 30 heavy (non-hydrogen) atoms. The number of aromatic nitrogens is 7. The van der Waals surface area contributed by atoms with Crippen LogP contribution in [0.3, 0.4) is 0 Å². The van der Waals surface area contributed by atoms with Gasteiger partial charge in [0.2, 0.25) is 0 Å². The molecule has 3 heterocycles. The van der Waals surface area contributed by atoms with Gasteiger partial charge >= 0.3 is 0 Å². The normalized spacial score (nSPS) is 10.6. The first-order valence-corrected chi connectivity index (χ1v) is 8.84. The van der Waals surface area contributed by atoms with Crippen LogP contribution in [0.5, 0.6) is 11.5 Å². The number of ether oxygens (including phenoxy) is 2. The van der Waals surface area contributed by atoms with Crippen molar-refractivity contribution in [2.75, 3.05) is 19.5 Å². The van der Waals surface area contributed by atoms with E-state index < -0.39 is 0 Å². The first-order chi connectivity index (χ1) is 14.6. The van der Waals surface area contributed by atoms with E-state index in [2.05, 4.69) is 30.5 Å². The molecule has 152 valence electrons. The highest BCUT2D eigenvalue weighted by Crippen LogP contribution is 2.33. The number of rotatable bonds is 6. The summed E-state index contributed by atoms with van der Waals surface area (Å²) >= 11 is 0. The van der Waals surface area contributed by atoms with E-state index in [0.29, 0.717) is 40.1 Å². The molecule has 0 fully saturated rings. The van der Waals surface area contributed by atoms with Gasteiger partial charge in [-0.05, 0) is 24.3 Å². The quantitative estimate of drug-likeness (QED) is 0.514. The molecule has 0 spiro atoms. The number of anilines is 1. The molecule has 0 atom stereocenters. The number of carbonyl (C=O) groups is 1. The van der Waals surface area contributed by atoms with Gasteiger partial charge in [-0.15, -0.1) is 0 Å². The second-order valence-corrected chi connectivity index (χ2v) is 6.16. The predicted molar refractivity (Wildman–Crippen MR) is 107 cm³/mol. The number of hydrogen-bond acceptors (Lipinski definition) is 8.